The van der Waals surface area contributed by atoms with Crippen LogP contribution in [0.4, 0.5) is 4.79 Å². The van der Waals surface area contributed by atoms with Crippen LogP contribution in [0.1, 0.15) is 76.9 Å². The summed E-state index contributed by atoms with van der Waals surface area (Å²) in [7, 11) is 0. The van der Waals surface area contributed by atoms with Gasteiger partial charge in [-0.05, 0) is 69.0 Å². The van der Waals surface area contributed by atoms with E-state index in [-0.39, 0.29) is 18.0 Å². The zero-order valence-electron chi connectivity index (χ0n) is 26.6. The van der Waals surface area contributed by atoms with Crippen LogP contribution in [0.15, 0.2) is 59.7 Å². The molecule has 0 spiro atoms. The lowest BCUT2D eigenvalue weighted by Crippen LogP contribution is -2.59. The Bertz CT molecular complexity index is 1620. The van der Waals surface area contributed by atoms with E-state index >= 15 is 0 Å². The van der Waals surface area contributed by atoms with Crippen molar-refractivity contribution in [2.45, 2.75) is 70.9 Å². The molecular formula is C34H40Cl2N6O3. The van der Waals surface area contributed by atoms with Crippen molar-refractivity contribution >= 4 is 41.0 Å². The molecule has 1 fully saturated rings. The summed E-state index contributed by atoms with van der Waals surface area (Å²) in [6.45, 7) is 13.0. The Morgan fingerprint density at radius 3 is 2.18 bits per heavy atom. The second-order valence-corrected chi connectivity index (χ2v) is 13.9. The zero-order valence-corrected chi connectivity index (χ0v) is 28.1. The number of halogens is 2. The Hall–Kier alpha value is -3.69. The summed E-state index contributed by atoms with van der Waals surface area (Å²) in [6.07, 6.45) is 2.98. The van der Waals surface area contributed by atoms with Crippen LogP contribution in [0.3, 0.4) is 0 Å². The molecular weight excluding hydrogens is 611 g/mol. The van der Waals surface area contributed by atoms with E-state index in [9.17, 15) is 9.59 Å². The van der Waals surface area contributed by atoms with Crippen molar-refractivity contribution in [3.8, 4) is 5.88 Å². The topological polar surface area (TPSA) is 114 Å². The van der Waals surface area contributed by atoms with Crippen LogP contribution >= 0.6 is 23.2 Å². The molecule has 1 aromatic heterocycles. The largest absolute Gasteiger partial charge is 0.477 e. The Morgan fingerprint density at radius 1 is 1.02 bits per heavy atom. The molecule has 3 amide bonds. The van der Waals surface area contributed by atoms with Gasteiger partial charge in [0.25, 0.3) is 0 Å². The summed E-state index contributed by atoms with van der Waals surface area (Å²) in [4.78, 5) is 45.6. The van der Waals surface area contributed by atoms with Crippen LogP contribution in [0.25, 0.3) is 0 Å². The summed E-state index contributed by atoms with van der Waals surface area (Å²) in [6, 6.07) is 14.6. The van der Waals surface area contributed by atoms with E-state index in [0.717, 1.165) is 11.1 Å². The third-order valence-electron chi connectivity index (χ3n) is 8.98. The maximum absolute atomic E-state index is 15.0. The molecule has 2 aromatic carbocycles. The first-order chi connectivity index (χ1) is 21.2. The number of likely N-dealkylation sites (tertiary alicyclic amines) is 1. The van der Waals surface area contributed by atoms with Gasteiger partial charge < -0.3 is 15.4 Å². The van der Waals surface area contributed by atoms with Gasteiger partial charge in [-0.25, -0.2) is 9.78 Å². The highest BCUT2D eigenvalue weighted by Crippen LogP contribution is 2.54. The molecule has 3 aromatic rings. The fraction of sp³-hybridized carbons (Fsp3) is 0.441. The number of nitrogens with two attached hydrogens (primary N) is 1. The molecule has 45 heavy (non-hydrogen) atoms. The van der Waals surface area contributed by atoms with Crippen molar-refractivity contribution in [1.82, 2.24) is 19.8 Å². The normalized spacial score (nSPS) is 23.6. The Morgan fingerprint density at radius 2 is 1.62 bits per heavy atom. The lowest BCUT2D eigenvalue weighted by Gasteiger charge is -2.47. The number of rotatable bonds is 6. The van der Waals surface area contributed by atoms with E-state index in [1.54, 1.807) is 16.0 Å². The van der Waals surface area contributed by atoms with E-state index in [4.69, 9.17) is 48.6 Å². The predicted molar refractivity (Wildman–Crippen MR) is 177 cm³/mol. The Labute approximate surface area is 274 Å². The highest BCUT2D eigenvalue weighted by molar-refractivity contribution is 6.30. The van der Waals surface area contributed by atoms with Gasteiger partial charge in [0, 0.05) is 34.7 Å². The van der Waals surface area contributed by atoms with Crippen molar-refractivity contribution in [3.05, 3.63) is 87.3 Å². The van der Waals surface area contributed by atoms with Crippen molar-refractivity contribution in [1.29, 1.82) is 0 Å². The van der Waals surface area contributed by atoms with Crippen LogP contribution < -0.4 is 10.5 Å². The molecule has 2 aliphatic rings. The van der Waals surface area contributed by atoms with Gasteiger partial charge in [0.15, 0.2) is 0 Å². The van der Waals surface area contributed by atoms with Gasteiger partial charge in [-0.3, -0.25) is 14.7 Å². The van der Waals surface area contributed by atoms with Crippen molar-refractivity contribution in [2.24, 2.45) is 16.6 Å². The number of piperidine rings is 1. The van der Waals surface area contributed by atoms with Gasteiger partial charge in [0.2, 0.25) is 11.8 Å². The fourth-order valence-electron chi connectivity index (χ4n) is 6.22. The smallest absolute Gasteiger partial charge is 0.326 e. The maximum Gasteiger partial charge on any atom is 0.326 e. The number of aliphatic imine (C=N–C) groups is 1. The Balaban J connectivity index is 1.79. The number of amidine groups is 1. The number of amides is 3. The molecule has 0 radical (unpaired) electrons. The molecule has 9 nitrogen and oxygen atoms in total. The minimum absolute atomic E-state index is 0.212. The average Bonchev–Trinajstić information content (AvgIpc) is 3.25. The first-order valence-corrected chi connectivity index (χ1v) is 16.0. The van der Waals surface area contributed by atoms with E-state index in [2.05, 4.69) is 0 Å². The highest BCUT2D eigenvalue weighted by Gasteiger charge is 2.60. The average molecular weight is 652 g/mol. The van der Waals surface area contributed by atoms with Crippen LogP contribution in [0.5, 0.6) is 5.88 Å². The molecule has 5 rings (SSSR count). The zero-order chi connectivity index (χ0) is 32.7. The maximum atomic E-state index is 15.0. The fourth-order valence-corrected chi connectivity index (χ4v) is 6.47. The van der Waals surface area contributed by atoms with Crippen LogP contribution in [-0.2, 0) is 21.3 Å². The highest BCUT2D eigenvalue weighted by atomic mass is 35.5. The second-order valence-electron chi connectivity index (χ2n) is 13.0. The SMILES string of the molecule is CCOc1nc(C(C)(C)C)ncc1C1=N[C@@](C)(c2ccc(Cl)cc2)[C@@](C)(c2ccc(Cl)cc2)N1C(=O)N1CCCC(C(N)=O)C1. The molecule has 0 bridgehead atoms. The summed E-state index contributed by atoms with van der Waals surface area (Å²) in [5, 5.41) is 1.15. The molecule has 2 N–H and O–H groups in total. The van der Waals surface area contributed by atoms with Gasteiger partial charge >= 0.3 is 6.03 Å². The molecule has 238 valence electrons. The summed E-state index contributed by atoms with van der Waals surface area (Å²) in [5.74, 6) is 0.441. The third-order valence-corrected chi connectivity index (χ3v) is 9.49. The van der Waals surface area contributed by atoms with E-state index in [0.29, 0.717) is 59.1 Å². The number of carbonyl (C=O) groups is 2. The predicted octanol–water partition coefficient (Wildman–Crippen LogP) is 6.69. The lowest BCUT2D eigenvalue weighted by molar-refractivity contribution is -0.123. The minimum Gasteiger partial charge on any atom is -0.477 e. The van der Waals surface area contributed by atoms with Crippen molar-refractivity contribution in [2.75, 3.05) is 19.7 Å². The van der Waals surface area contributed by atoms with Crippen molar-refractivity contribution < 1.29 is 14.3 Å². The van der Waals surface area contributed by atoms with Gasteiger partial charge in [0.1, 0.15) is 22.7 Å². The first kappa shape index (κ1) is 32.7. The number of ether oxygens (including phenoxy) is 1. The molecule has 3 atom stereocenters. The third kappa shape index (κ3) is 5.88. The molecule has 1 saturated heterocycles. The van der Waals surface area contributed by atoms with Gasteiger partial charge in [-0.15, -0.1) is 0 Å². The molecule has 1 unspecified atom stereocenters. The number of carbonyl (C=O) groups excluding carboxylic acids is 2. The number of urea groups is 1. The molecule has 11 heteroatoms. The van der Waals surface area contributed by atoms with Gasteiger partial charge in [-0.1, -0.05) is 68.2 Å². The quantitative estimate of drug-likeness (QED) is 0.319. The van der Waals surface area contributed by atoms with Gasteiger partial charge in [-0.2, -0.15) is 4.98 Å². The molecule has 3 heterocycles. The first-order valence-electron chi connectivity index (χ1n) is 15.2. The monoisotopic (exact) mass is 650 g/mol. The van der Waals surface area contributed by atoms with E-state index in [1.807, 2.05) is 90.1 Å². The number of aromatic nitrogens is 2. The summed E-state index contributed by atoms with van der Waals surface area (Å²) < 4.78 is 6.11. The molecule has 0 aliphatic carbocycles. The number of nitrogens with zero attached hydrogens (tertiary/aromatic N) is 5. The number of benzene rings is 2. The number of hydrogen-bond donors (Lipinski definition) is 1. The van der Waals surface area contributed by atoms with Crippen LogP contribution in [-0.4, -0.2) is 57.2 Å². The van der Waals surface area contributed by atoms with Crippen LogP contribution in [0.2, 0.25) is 10.0 Å². The van der Waals surface area contributed by atoms with Crippen LogP contribution in [0, 0.1) is 5.92 Å². The summed E-state index contributed by atoms with van der Waals surface area (Å²) in [5.41, 5.74) is 5.40. The van der Waals surface area contributed by atoms with Crippen molar-refractivity contribution in [3.63, 3.8) is 0 Å². The second kappa shape index (κ2) is 12.2. The number of primary amides is 1. The molecule has 2 aliphatic heterocycles. The standard InChI is InChI=1S/C34H40Cl2N6O3/c1-7-45-29-26(19-38-30(39-29)32(2,3)4)28-40-33(5,22-10-14-24(35)15-11-22)34(6,23-12-16-25(36)17-13-23)42(28)31(44)41-18-8-9-21(20-41)27(37)43/h10-17,19,21H,7-9,18,20H2,1-6H3,(H2,37,43)/t21?,33-,34+/m0/s1. The lowest BCUT2D eigenvalue weighted by atomic mass is 9.71. The van der Waals surface area contributed by atoms with E-state index < -0.39 is 22.9 Å². The summed E-state index contributed by atoms with van der Waals surface area (Å²) >= 11 is 12.7. The number of hydrogen-bond acceptors (Lipinski definition) is 6. The van der Waals surface area contributed by atoms with E-state index in [1.165, 1.54) is 0 Å². The minimum atomic E-state index is -1.09. The Kier molecular flexibility index (Phi) is 8.90. The van der Waals surface area contributed by atoms with Gasteiger partial charge in [0.05, 0.1) is 18.1 Å². The molecule has 0 saturated carbocycles.